The number of aromatic nitrogens is 4. The second-order valence-corrected chi connectivity index (χ2v) is 14.4. The third kappa shape index (κ3) is 7.19. The van der Waals surface area contributed by atoms with Crippen LogP contribution in [0.2, 0.25) is 0 Å². The van der Waals surface area contributed by atoms with Crippen LogP contribution in [0.25, 0.3) is 15.9 Å². The molecule has 2 amide bonds. The van der Waals surface area contributed by atoms with Crippen LogP contribution in [0.4, 0.5) is 26.9 Å². The Morgan fingerprint density at radius 1 is 1.23 bits per heavy atom. The van der Waals surface area contributed by atoms with Crippen molar-refractivity contribution in [2.45, 2.75) is 58.6 Å². The number of amides is 2. The van der Waals surface area contributed by atoms with Crippen molar-refractivity contribution < 1.29 is 32.0 Å². The van der Waals surface area contributed by atoms with E-state index < -0.39 is 27.9 Å². The average molecular weight is 646 g/mol. The molecule has 1 aliphatic heterocycles. The molecule has 3 aromatic heterocycles. The molecule has 236 valence electrons. The van der Waals surface area contributed by atoms with Gasteiger partial charge in [0, 0.05) is 37.2 Å². The summed E-state index contributed by atoms with van der Waals surface area (Å²) in [7, 11) is -3.78. The van der Waals surface area contributed by atoms with Crippen molar-refractivity contribution in [3.63, 3.8) is 0 Å². The van der Waals surface area contributed by atoms with Gasteiger partial charge in [-0.05, 0) is 58.7 Å². The van der Waals surface area contributed by atoms with Crippen LogP contribution < -0.4 is 10.2 Å². The summed E-state index contributed by atoms with van der Waals surface area (Å²) in [5, 5.41) is 18.3. The molecule has 4 aromatic rings. The quantitative estimate of drug-likeness (QED) is 0.253. The van der Waals surface area contributed by atoms with Gasteiger partial charge < -0.3 is 20.1 Å². The fourth-order valence-electron chi connectivity index (χ4n) is 5.09. The third-order valence-electron chi connectivity index (χ3n) is 6.81. The highest BCUT2D eigenvalue weighted by molar-refractivity contribution is 7.85. The van der Waals surface area contributed by atoms with E-state index in [4.69, 9.17) is 13.9 Å². The van der Waals surface area contributed by atoms with Gasteiger partial charge in [0.15, 0.2) is 11.5 Å². The highest BCUT2D eigenvalue weighted by atomic mass is 32.2. The average Bonchev–Trinajstić information content (AvgIpc) is 3.53. The number of hydrogen-bond acceptors (Lipinski definition) is 11. The van der Waals surface area contributed by atoms with Crippen LogP contribution in [0.1, 0.15) is 44.2 Å². The van der Waals surface area contributed by atoms with Crippen LogP contribution in [0.15, 0.2) is 30.5 Å². The standard InChI is InChI=1S/C28H35N7O7S2/c1-17-30-21-9-8-19(15-22(21)43-17)34(27(38)42-28(2,3)4)25-20(11-14-41-44(5,39)40)24(32-23-10-12-29-35(23)25)31-18-7-6-13-33(16-18)26(36)37/h8-10,12,15,18H,6-7,11,13-14,16H2,1-5H3,(H,31,32)(H,36,37)/t18-/m0/s1. The minimum absolute atomic E-state index is 0.0180. The van der Waals surface area contributed by atoms with E-state index in [2.05, 4.69) is 15.4 Å². The summed E-state index contributed by atoms with van der Waals surface area (Å²) in [6.07, 6.45) is 2.16. The summed E-state index contributed by atoms with van der Waals surface area (Å²) in [6, 6.07) is 6.82. The van der Waals surface area contributed by atoms with E-state index in [1.165, 1.54) is 25.7 Å². The number of aryl methyl sites for hydroxylation is 1. The predicted octanol–water partition coefficient (Wildman–Crippen LogP) is 4.79. The zero-order chi connectivity index (χ0) is 31.8. The van der Waals surface area contributed by atoms with Gasteiger partial charge in [-0.3, -0.25) is 4.18 Å². The lowest BCUT2D eigenvalue weighted by molar-refractivity contribution is 0.0597. The number of anilines is 3. The zero-order valence-corrected chi connectivity index (χ0v) is 26.7. The maximum atomic E-state index is 14.1. The van der Waals surface area contributed by atoms with E-state index in [-0.39, 0.29) is 31.4 Å². The SMILES string of the molecule is Cc1nc2ccc(N(C(=O)OC(C)(C)C)c3c(CCOS(C)(=O)=O)c(N[C@H]4CCCN(C(=O)O)C4)nc4ccnn34)cc2s1. The molecular formula is C28H35N7O7S2. The van der Waals surface area contributed by atoms with E-state index in [1.807, 2.05) is 19.1 Å². The maximum absolute atomic E-state index is 14.1. The monoisotopic (exact) mass is 645 g/mol. The molecule has 1 fully saturated rings. The number of carboxylic acid groups (broad SMARTS) is 1. The summed E-state index contributed by atoms with van der Waals surface area (Å²) in [5.41, 5.74) is 1.25. The van der Waals surface area contributed by atoms with E-state index in [9.17, 15) is 23.1 Å². The van der Waals surface area contributed by atoms with Gasteiger partial charge >= 0.3 is 12.2 Å². The molecule has 1 saturated heterocycles. The third-order valence-corrected chi connectivity index (χ3v) is 8.34. The second kappa shape index (κ2) is 12.2. The van der Waals surface area contributed by atoms with Gasteiger partial charge in [-0.1, -0.05) is 0 Å². The first-order chi connectivity index (χ1) is 20.7. The second-order valence-electron chi connectivity index (χ2n) is 11.6. The van der Waals surface area contributed by atoms with Crippen LogP contribution in [0.5, 0.6) is 0 Å². The molecule has 0 radical (unpaired) electrons. The summed E-state index contributed by atoms with van der Waals surface area (Å²) in [5.74, 6) is 0.631. The van der Waals surface area contributed by atoms with Gasteiger partial charge in [-0.2, -0.15) is 18.0 Å². The molecule has 0 spiro atoms. The van der Waals surface area contributed by atoms with Gasteiger partial charge in [0.05, 0.1) is 40.0 Å². The number of fused-ring (bicyclic) bond motifs is 2. The molecule has 0 unspecified atom stereocenters. The number of carbonyl (C=O) groups is 2. The summed E-state index contributed by atoms with van der Waals surface area (Å²) in [6.45, 7) is 7.61. The van der Waals surface area contributed by atoms with Gasteiger partial charge in [0.1, 0.15) is 11.4 Å². The van der Waals surface area contributed by atoms with Gasteiger partial charge in [0.25, 0.3) is 10.1 Å². The fourth-order valence-corrected chi connectivity index (χ4v) is 6.33. The normalized spacial score (nSPS) is 15.9. The smallest absolute Gasteiger partial charge is 0.420 e. The lowest BCUT2D eigenvalue weighted by Gasteiger charge is -2.33. The lowest BCUT2D eigenvalue weighted by Crippen LogP contribution is -2.44. The Labute approximate surface area is 258 Å². The van der Waals surface area contributed by atoms with E-state index in [0.717, 1.165) is 21.5 Å². The van der Waals surface area contributed by atoms with Crippen LogP contribution in [0.3, 0.4) is 0 Å². The number of hydrogen-bond donors (Lipinski definition) is 2. The van der Waals surface area contributed by atoms with Crippen LogP contribution >= 0.6 is 11.3 Å². The molecule has 0 aliphatic carbocycles. The van der Waals surface area contributed by atoms with Gasteiger partial charge in [0.2, 0.25) is 0 Å². The highest BCUT2D eigenvalue weighted by Gasteiger charge is 2.33. The number of nitrogens with zero attached hydrogens (tertiary/aromatic N) is 6. The summed E-state index contributed by atoms with van der Waals surface area (Å²) < 4.78 is 37.2. The molecule has 0 bridgehead atoms. The first-order valence-electron chi connectivity index (χ1n) is 14.0. The molecule has 1 aliphatic rings. The van der Waals surface area contributed by atoms with Crippen molar-refractivity contribution >= 4 is 66.8 Å². The Hall–Kier alpha value is -4.02. The number of carbonyl (C=O) groups excluding carboxylic acids is 1. The first kappa shape index (κ1) is 31.4. The van der Waals surface area contributed by atoms with Crippen molar-refractivity contribution in [3.05, 3.63) is 41.0 Å². The zero-order valence-electron chi connectivity index (χ0n) is 25.1. The number of piperidine rings is 1. The lowest BCUT2D eigenvalue weighted by atomic mass is 10.1. The highest BCUT2D eigenvalue weighted by Crippen LogP contribution is 2.37. The van der Waals surface area contributed by atoms with E-state index >= 15 is 0 Å². The Morgan fingerprint density at radius 3 is 2.70 bits per heavy atom. The van der Waals surface area contributed by atoms with Crippen LogP contribution in [-0.4, -0.2) is 87.8 Å². The van der Waals surface area contributed by atoms with Crippen molar-refractivity contribution in [2.24, 2.45) is 0 Å². The Morgan fingerprint density at radius 2 is 2.00 bits per heavy atom. The number of benzene rings is 1. The van der Waals surface area contributed by atoms with Crippen molar-refractivity contribution in [3.8, 4) is 0 Å². The molecule has 14 nitrogen and oxygen atoms in total. The van der Waals surface area contributed by atoms with Crippen molar-refractivity contribution in [1.29, 1.82) is 0 Å². The summed E-state index contributed by atoms with van der Waals surface area (Å²) in [4.78, 5) is 37.8. The fraction of sp³-hybridized carbons (Fsp3) is 0.464. The molecule has 44 heavy (non-hydrogen) atoms. The minimum atomic E-state index is -3.78. The Balaban J connectivity index is 1.70. The van der Waals surface area contributed by atoms with Gasteiger partial charge in [-0.15, -0.1) is 11.3 Å². The van der Waals surface area contributed by atoms with Crippen LogP contribution in [-0.2, 0) is 25.5 Å². The number of thiazole rings is 1. The van der Waals surface area contributed by atoms with E-state index in [1.54, 1.807) is 39.1 Å². The van der Waals surface area contributed by atoms with Crippen molar-refractivity contribution in [1.82, 2.24) is 24.5 Å². The molecule has 5 rings (SSSR count). The largest absolute Gasteiger partial charge is 0.465 e. The molecular weight excluding hydrogens is 610 g/mol. The summed E-state index contributed by atoms with van der Waals surface area (Å²) >= 11 is 1.48. The topological polar surface area (TPSA) is 169 Å². The first-order valence-corrected chi connectivity index (χ1v) is 16.7. The Bertz CT molecular complexity index is 1810. The number of nitrogens with one attached hydrogen (secondary N) is 1. The van der Waals surface area contributed by atoms with Crippen molar-refractivity contribution in [2.75, 3.05) is 36.2 Å². The molecule has 2 N–H and O–H groups in total. The molecule has 1 aromatic carbocycles. The Kier molecular flexibility index (Phi) is 8.68. The maximum Gasteiger partial charge on any atom is 0.420 e. The predicted molar refractivity (Wildman–Crippen MR) is 166 cm³/mol. The van der Waals surface area contributed by atoms with E-state index in [0.29, 0.717) is 42.1 Å². The van der Waals surface area contributed by atoms with Gasteiger partial charge in [-0.25, -0.2) is 24.5 Å². The molecule has 0 saturated carbocycles. The molecule has 4 heterocycles. The molecule has 16 heteroatoms. The minimum Gasteiger partial charge on any atom is -0.465 e. The number of rotatable bonds is 8. The number of likely N-dealkylation sites (tertiary alicyclic amines) is 1. The van der Waals surface area contributed by atoms with Crippen LogP contribution in [0, 0.1) is 6.92 Å². The molecule has 1 atom stereocenters. The number of ether oxygens (including phenoxy) is 1.